The summed E-state index contributed by atoms with van der Waals surface area (Å²) in [6.07, 6.45) is 3.74. The number of hydrogen-bond acceptors (Lipinski definition) is 3. The highest BCUT2D eigenvalue weighted by atomic mass is 35.5. The molecule has 4 aromatic rings. The first kappa shape index (κ1) is 34.7. The summed E-state index contributed by atoms with van der Waals surface area (Å²) in [6.45, 7) is 13.2. The molecule has 6 rings (SSSR count). The summed E-state index contributed by atoms with van der Waals surface area (Å²) >= 11 is 13.0. The Morgan fingerprint density at radius 1 is 0.896 bits per heavy atom. The lowest BCUT2D eigenvalue weighted by atomic mass is 9.85. The highest BCUT2D eigenvalue weighted by Crippen LogP contribution is 2.51. The maximum absolute atomic E-state index is 15.0. The molecule has 7 heteroatoms. The number of halogens is 2. The summed E-state index contributed by atoms with van der Waals surface area (Å²) < 4.78 is 14.5. The first-order valence-corrected chi connectivity index (χ1v) is 19.5. The van der Waals surface area contributed by atoms with Gasteiger partial charge < -0.3 is 14.1 Å². The molecule has 1 heterocycles. The van der Waals surface area contributed by atoms with E-state index >= 15 is 4.79 Å². The Bertz CT molecular complexity index is 1680. The molecule has 0 unspecified atom stereocenters. The van der Waals surface area contributed by atoms with Gasteiger partial charge in [-0.1, -0.05) is 135 Å². The monoisotopic (exact) mass is 697 g/mol. The van der Waals surface area contributed by atoms with Crippen LogP contribution in [0.3, 0.4) is 0 Å². The zero-order valence-corrected chi connectivity index (χ0v) is 30.8. The van der Waals surface area contributed by atoms with Crippen LogP contribution in [0.2, 0.25) is 15.1 Å². The third-order valence-corrected chi connectivity index (χ3v) is 15.5. The van der Waals surface area contributed by atoms with Gasteiger partial charge in [-0.25, -0.2) is 0 Å². The van der Waals surface area contributed by atoms with Crippen LogP contribution in [0.15, 0.2) is 122 Å². The average molecular weight is 699 g/mol. The lowest BCUT2D eigenvalue weighted by molar-refractivity contribution is -0.204. The van der Waals surface area contributed by atoms with Gasteiger partial charge in [0.2, 0.25) is 0 Å². The molecule has 0 spiro atoms. The Balaban J connectivity index is 1.51. The Morgan fingerprint density at radius 3 is 2.02 bits per heavy atom. The molecule has 4 aromatic carbocycles. The van der Waals surface area contributed by atoms with Gasteiger partial charge in [0, 0.05) is 16.5 Å². The van der Waals surface area contributed by atoms with E-state index in [2.05, 4.69) is 92.9 Å². The Morgan fingerprint density at radius 2 is 1.50 bits per heavy atom. The number of amides is 1. The topological polar surface area (TPSA) is 38.8 Å². The second-order valence-electron chi connectivity index (χ2n) is 14.4. The van der Waals surface area contributed by atoms with Crippen molar-refractivity contribution in [2.45, 2.75) is 75.8 Å². The molecule has 48 heavy (non-hydrogen) atoms. The van der Waals surface area contributed by atoms with E-state index in [1.807, 2.05) is 55.5 Å². The van der Waals surface area contributed by atoms with Gasteiger partial charge in [-0.2, -0.15) is 0 Å². The normalized spacial score (nSPS) is 22.4. The molecule has 1 saturated carbocycles. The number of rotatable bonds is 11. The fraction of sp³-hybridized carbons (Fsp3) is 0.341. The van der Waals surface area contributed by atoms with Crippen molar-refractivity contribution in [2.24, 2.45) is 5.92 Å². The van der Waals surface area contributed by atoms with E-state index in [9.17, 15) is 0 Å². The fourth-order valence-electron chi connectivity index (χ4n) is 7.53. The lowest BCUT2D eigenvalue weighted by Gasteiger charge is -2.52. The summed E-state index contributed by atoms with van der Waals surface area (Å²) in [6, 6.07) is 36.3. The highest BCUT2D eigenvalue weighted by molar-refractivity contribution is 6.99. The summed E-state index contributed by atoms with van der Waals surface area (Å²) in [7, 11) is -2.88. The minimum absolute atomic E-state index is 0.0522. The molecule has 0 N–H and O–H groups in total. The third-order valence-electron chi connectivity index (χ3n) is 9.99. The van der Waals surface area contributed by atoms with Crippen LogP contribution in [-0.4, -0.2) is 37.4 Å². The van der Waals surface area contributed by atoms with Gasteiger partial charge >= 0.3 is 0 Å². The van der Waals surface area contributed by atoms with Crippen LogP contribution in [0, 0.1) is 5.92 Å². The molecular formula is C41H45Cl2NO3Si. The van der Waals surface area contributed by atoms with Crippen LogP contribution >= 0.6 is 23.2 Å². The number of carbonyl (C=O) groups excluding carboxylic acids is 1. The van der Waals surface area contributed by atoms with E-state index in [1.54, 1.807) is 6.08 Å². The van der Waals surface area contributed by atoms with Crippen LogP contribution in [0.5, 0.6) is 0 Å². The minimum Gasteiger partial charge on any atom is -0.405 e. The van der Waals surface area contributed by atoms with Crippen molar-refractivity contribution < 1.29 is 14.0 Å². The van der Waals surface area contributed by atoms with Gasteiger partial charge in [0.15, 0.2) is 0 Å². The van der Waals surface area contributed by atoms with Gasteiger partial charge in [-0.15, -0.1) is 6.58 Å². The van der Waals surface area contributed by atoms with Crippen LogP contribution < -0.4 is 10.4 Å². The number of morpholine rings is 1. The third kappa shape index (κ3) is 6.68. The van der Waals surface area contributed by atoms with Crippen molar-refractivity contribution in [3.8, 4) is 0 Å². The van der Waals surface area contributed by atoms with E-state index in [0.717, 1.165) is 24.0 Å². The van der Waals surface area contributed by atoms with Crippen molar-refractivity contribution in [3.05, 3.63) is 143 Å². The summed E-state index contributed by atoms with van der Waals surface area (Å²) in [5, 5.41) is 3.49. The van der Waals surface area contributed by atoms with Gasteiger partial charge in [0.05, 0.1) is 18.7 Å². The van der Waals surface area contributed by atoms with E-state index < -0.39 is 26.1 Å². The standard InChI is InChI=1S/C41H45Cl2NO3Si/c1-6-26-41(5)39(45)44(37(30-22-24-32(42)25-23-30)38(47-41)31-14-13-15-33(43)27-31)36(29-20-21-29)28-46-48(40(2,3)4,34-16-9-7-10-17-34)35-18-11-8-12-19-35/h6-19,22-25,27,29,36-38H,1,20-21,26,28H2,2-5H3/t36-,37-,38-,41+/m1/s1. The summed E-state index contributed by atoms with van der Waals surface area (Å²) in [5.74, 6) is 0.247. The molecule has 4 nitrogen and oxygen atoms in total. The number of nitrogens with zero attached hydrogens (tertiary/aromatic N) is 1. The smallest absolute Gasteiger partial charge is 0.261 e. The van der Waals surface area contributed by atoms with Crippen LogP contribution in [0.25, 0.3) is 0 Å². The highest BCUT2D eigenvalue weighted by Gasteiger charge is 2.56. The van der Waals surface area contributed by atoms with Gasteiger partial charge in [-0.3, -0.25) is 4.79 Å². The van der Waals surface area contributed by atoms with E-state index in [0.29, 0.717) is 29.0 Å². The predicted octanol–water partition coefficient (Wildman–Crippen LogP) is 9.32. The molecule has 250 valence electrons. The lowest BCUT2D eigenvalue weighted by Crippen LogP contribution is -2.68. The van der Waals surface area contributed by atoms with Gasteiger partial charge in [-0.05, 0) is 76.5 Å². The van der Waals surface area contributed by atoms with Crippen LogP contribution in [0.4, 0.5) is 0 Å². The zero-order chi connectivity index (χ0) is 34.1. The molecule has 1 aliphatic heterocycles. The van der Waals surface area contributed by atoms with Crippen molar-refractivity contribution in [2.75, 3.05) is 6.61 Å². The molecule has 4 atom stereocenters. The number of carbonyl (C=O) groups is 1. The van der Waals surface area contributed by atoms with E-state index in [4.69, 9.17) is 32.4 Å². The Labute approximate surface area is 296 Å². The van der Waals surface area contributed by atoms with E-state index in [1.165, 1.54) is 10.4 Å². The van der Waals surface area contributed by atoms with Gasteiger partial charge in [0.1, 0.15) is 11.7 Å². The quantitative estimate of drug-likeness (QED) is 0.116. The van der Waals surface area contributed by atoms with Crippen molar-refractivity contribution in [3.63, 3.8) is 0 Å². The minimum atomic E-state index is -2.88. The number of ether oxygens (including phenoxy) is 1. The SMILES string of the molecule is C=CC[C@]1(C)O[C@H](c2cccc(Cl)c2)[C@@H](c2ccc(Cl)cc2)N([C@H](CO[Si](c2ccccc2)(c2ccccc2)C(C)(C)C)C2CC2)C1=O. The zero-order valence-electron chi connectivity index (χ0n) is 28.2. The molecule has 1 saturated heterocycles. The molecule has 1 aliphatic carbocycles. The van der Waals surface area contributed by atoms with Crippen molar-refractivity contribution in [1.29, 1.82) is 0 Å². The molecule has 0 radical (unpaired) electrons. The first-order chi connectivity index (χ1) is 23.0. The second kappa shape index (κ2) is 14.0. The van der Waals surface area contributed by atoms with Crippen molar-refractivity contribution in [1.82, 2.24) is 4.90 Å². The van der Waals surface area contributed by atoms with Gasteiger partial charge in [0.25, 0.3) is 14.2 Å². The molecular weight excluding hydrogens is 653 g/mol. The molecule has 1 amide bonds. The first-order valence-electron chi connectivity index (χ1n) is 16.9. The van der Waals surface area contributed by atoms with Crippen LogP contribution in [0.1, 0.15) is 70.2 Å². The summed E-state index contributed by atoms with van der Waals surface area (Å²) in [4.78, 5) is 17.1. The number of hydrogen-bond donors (Lipinski definition) is 0. The molecule has 0 aromatic heterocycles. The van der Waals surface area contributed by atoms with E-state index in [-0.39, 0.29) is 17.0 Å². The molecule has 2 aliphatic rings. The average Bonchev–Trinajstić information content (AvgIpc) is 3.91. The number of benzene rings is 4. The summed E-state index contributed by atoms with van der Waals surface area (Å²) in [5.41, 5.74) is 0.745. The Hall–Kier alpha value is -3.19. The fourth-order valence-corrected chi connectivity index (χ4v) is 12.4. The molecule has 2 fully saturated rings. The maximum atomic E-state index is 15.0. The van der Waals surface area contributed by atoms with Crippen LogP contribution in [-0.2, 0) is 14.0 Å². The Kier molecular flexibility index (Phi) is 10.1. The largest absolute Gasteiger partial charge is 0.405 e. The maximum Gasteiger partial charge on any atom is 0.261 e. The van der Waals surface area contributed by atoms with Crippen molar-refractivity contribution >= 4 is 47.8 Å². The predicted molar refractivity (Wildman–Crippen MR) is 200 cm³/mol. The second-order valence-corrected chi connectivity index (χ2v) is 19.6. The molecule has 0 bridgehead atoms.